The number of nitrogens with zero attached hydrogens (tertiary/aromatic N) is 1. The molecule has 0 aromatic heterocycles. The van der Waals surface area contributed by atoms with Gasteiger partial charge in [-0.2, -0.15) is 12.6 Å². The second-order valence-electron chi connectivity index (χ2n) is 7.50. The van der Waals surface area contributed by atoms with Crippen molar-refractivity contribution in [2.75, 3.05) is 24.3 Å². The van der Waals surface area contributed by atoms with Gasteiger partial charge >= 0.3 is 5.97 Å². The second kappa shape index (κ2) is 12.0. The molecule has 172 valence electrons. The highest BCUT2D eigenvalue weighted by atomic mass is 32.1. The SMILES string of the molecule is COc1ccc(Oc2cccc(N(CC(=O)O)C(=O)C(CS)CCc3ccccc3)c2)cc1. The molecule has 3 aromatic carbocycles. The Morgan fingerprint density at radius 2 is 1.64 bits per heavy atom. The summed E-state index contributed by atoms with van der Waals surface area (Å²) in [6.45, 7) is -0.444. The molecule has 7 heteroatoms. The normalized spacial score (nSPS) is 11.5. The van der Waals surface area contributed by atoms with Gasteiger partial charge in [0.05, 0.1) is 7.11 Å². The van der Waals surface area contributed by atoms with Crippen LogP contribution >= 0.6 is 12.6 Å². The largest absolute Gasteiger partial charge is 0.497 e. The summed E-state index contributed by atoms with van der Waals surface area (Å²) in [5.41, 5.74) is 1.58. The van der Waals surface area contributed by atoms with Gasteiger partial charge in [0.2, 0.25) is 5.91 Å². The van der Waals surface area contributed by atoms with Crippen molar-refractivity contribution in [3.05, 3.63) is 84.4 Å². The van der Waals surface area contributed by atoms with Crippen molar-refractivity contribution < 1.29 is 24.2 Å². The number of benzene rings is 3. The highest BCUT2D eigenvalue weighted by Gasteiger charge is 2.26. The summed E-state index contributed by atoms with van der Waals surface area (Å²) in [7, 11) is 1.59. The van der Waals surface area contributed by atoms with Crippen LogP contribution in [0.3, 0.4) is 0 Å². The third-order valence-corrected chi connectivity index (χ3v) is 5.62. The highest BCUT2D eigenvalue weighted by Crippen LogP contribution is 2.28. The molecule has 0 aliphatic heterocycles. The molecule has 0 radical (unpaired) electrons. The molecule has 0 saturated carbocycles. The molecule has 0 aliphatic carbocycles. The molecule has 33 heavy (non-hydrogen) atoms. The predicted octanol–water partition coefficient (Wildman–Crippen LogP) is 5.08. The van der Waals surface area contributed by atoms with Gasteiger partial charge in [0.15, 0.2) is 0 Å². The van der Waals surface area contributed by atoms with E-state index in [4.69, 9.17) is 9.47 Å². The molecule has 0 fully saturated rings. The first kappa shape index (κ1) is 24.2. The summed E-state index contributed by atoms with van der Waals surface area (Å²) in [6, 6.07) is 23.8. The molecule has 0 spiro atoms. The molecule has 3 rings (SSSR count). The number of ether oxygens (including phenoxy) is 2. The Morgan fingerprint density at radius 3 is 2.27 bits per heavy atom. The molecule has 1 atom stereocenters. The number of aryl methyl sites for hydroxylation is 1. The molecular formula is C26H27NO5S. The number of hydrogen-bond donors (Lipinski definition) is 2. The number of carboxylic acid groups (broad SMARTS) is 1. The van der Waals surface area contributed by atoms with Gasteiger partial charge in [-0.05, 0) is 54.8 Å². The zero-order valence-corrected chi connectivity index (χ0v) is 19.3. The van der Waals surface area contributed by atoms with Gasteiger partial charge in [-0.15, -0.1) is 0 Å². The van der Waals surface area contributed by atoms with Crippen LogP contribution in [0.2, 0.25) is 0 Å². The lowest BCUT2D eigenvalue weighted by Gasteiger charge is -2.26. The monoisotopic (exact) mass is 465 g/mol. The summed E-state index contributed by atoms with van der Waals surface area (Å²) in [5.74, 6) is 0.342. The lowest BCUT2D eigenvalue weighted by atomic mass is 9.99. The molecule has 0 aliphatic rings. The minimum atomic E-state index is -1.09. The zero-order valence-electron chi connectivity index (χ0n) is 18.4. The van der Waals surface area contributed by atoms with Crippen LogP contribution in [0.5, 0.6) is 17.2 Å². The number of anilines is 1. The van der Waals surface area contributed by atoms with Gasteiger partial charge in [-0.1, -0.05) is 36.4 Å². The van der Waals surface area contributed by atoms with E-state index in [9.17, 15) is 14.7 Å². The standard InChI is InChI=1S/C26H27NO5S/c1-31-22-12-14-23(15-13-22)32-24-9-5-8-21(16-24)27(17-25(28)29)26(30)20(18-33)11-10-19-6-3-2-4-7-19/h2-9,12-16,20,33H,10-11,17-18H2,1H3,(H,28,29). The fourth-order valence-corrected chi connectivity index (χ4v) is 3.76. The first-order valence-corrected chi connectivity index (χ1v) is 11.2. The molecule has 6 nitrogen and oxygen atoms in total. The summed E-state index contributed by atoms with van der Waals surface area (Å²) in [4.78, 5) is 26.2. The Morgan fingerprint density at radius 1 is 0.939 bits per heavy atom. The van der Waals surface area contributed by atoms with Crippen molar-refractivity contribution in [3.8, 4) is 17.2 Å². The van der Waals surface area contributed by atoms with E-state index >= 15 is 0 Å². The van der Waals surface area contributed by atoms with Crippen LogP contribution < -0.4 is 14.4 Å². The summed E-state index contributed by atoms with van der Waals surface area (Å²) >= 11 is 4.37. The minimum Gasteiger partial charge on any atom is -0.497 e. The van der Waals surface area contributed by atoms with E-state index in [-0.39, 0.29) is 5.91 Å². The first-order chi connectivity index (χ1) is 16.0. The van der Waals surface area contributed by atoms with E-state index in [2.05, 4.69) is 12.6 Å². The Hall–Kier alpha value is -3.45. The van der Waals surface area contributed by atoms with Crippen molar-refractivity contribution >= 4 is 30.2 Å². The van der Waals surface area contributed by atoms with E-state index in [1.54, 1.807) is 55.6 Å². The van der Waals surface area contributed by atoms with Crippen LogP contribution in [0.25, 0.3) is 0 Å². The summed E-state index contributed by atoms with van der Waals surface area (Å²) in [6.07, 6.45) is 1.28. The van der Waals surface area contributed by atoms with Gasteiger partial charge in [-0.25, -0.2) is 0 Å². The number of carbonyl (C=O) groups excluding carboxylic acids is 1. The quantitative estimate of drug-likeness (QED) is 0.386. The van der Waals surface area contributed by atoms with Gasteiger partial charge in [0.1, 0.15) is 23.8 Å². The van der Waals surface area contributed by atoms with Gasteiger partial charge in [0, 0.05) is 23.4 Å². The molecule has 1 amide bonds. The average molecular weight is 466 g/mol. The maximum absolute atomic E-state index is 13.3. The van der Waals surface area contributed by atoms with Crippen LogP contribution in [0.4, 0.5) is 5.69 Å². The van der Waals surface area contributed by atoms with Crippen molar-refractivity contribution in [1.82, 2.24) is 0 Å². The number of amides is 1. The van der Waals surface area contributed by atoms with Crippen molar-refractivity contribution in [2.24, 2.45) is 5.92 Å². The molecule has 3 aromatic rings. The highest BCUT2D eigenvalue weighted by molar-refractivity contribution is 7.80. The molecule has 0 saturated heterocycles. The van der Waals surface area contributed by atoms with Gasteiger partial charge < -0.3 is 19.5 Å². The molecule has 0 heterocycles. The molecule has 1 unspecified atom stereocenters. The number of aliphatic carboxylic acids is 1. The lowest BCUT2D eigenvalue weighted by Crippen LogP contribution is -2.40. The van der Waals surface area contributed by atoms with Crippen molar-refractivity contribution in [2.45, 2.75) is 12.8 Å². The maximum atomic E-state index is 13.3. The average Bonchev–Trinajstić information content (AvgIpc) is 2.84. The fraction of sp³-hybridized carbons (Fsp3) is 0.231. The van der Waals surface area contributed by atoms with E-state index in [0.717, 1.165) is 5.56 Å². The fourth-order valence-electron chi connectivity index (χ4n) is 3.43. The van der Waals surface area contributed by atoms with Gasteiger partial charge in [-0.3, -0.25) is 9.59 Å². The van der Waals surface area contributed by atoms with E-state index in [1.165, 1.54) is 4.90 Å². The number of carbonyl (C=O) groups is 2. The Balaban J connectivity index is 1.78. The Kier molecular flexibility index (Phi) is 8.78. The molecule has 0 bridgehead atoms. The molecular weight excluding hydrogens is 438 g/mol. The topological polar surface area (TPSA) is 76.1 Å². The Labute approximate surface area is 199 Å². The van der Waals surface area contributed by atoms with E-state index < -0.39 is 18.4 Å². The number of hydrogen-bond acceptors (Lipinski definition) is 5. The number of carboxylic acids is 1. The van der Waals surface area contributed by atoms with Crippen LogP contribution in [-0.2, 0) is 16.0 Å². The maximum Gasteiger partial charge on any atom is 0.323 e. The minimum absolute atomic E-state index is 0.273. The second-order valence-corrected chi connectivity index (χ2v) is 7.86. The number of thiol groups is 1. The first-order valence-electron chi connectivity index (χ1n) is 10.6. The van der Waals surface area contributed by atoms with E-state index in [0.29, 0.717) is 41.5 Å². The van der Waals surface area contributed by atoms with Crippen LogP contribution in [0.1, 0.15) is 12.0 Å². The summed E-state index contributed by atoms with van der Waals surface area (Å²) in [5, 5.41) is 9.45. The molecule has 1 N–H and O–H groups in total. The number of methoxy groups -OCH3 is 1. The number of rotatable bonds is 11. The van der Waals surface area contributed by atoms with E-state index in [1.807, 2.05) is 30.3 Å². The third kappa shape index (κ3) is 7.02. The Bertz CT molecular complexity index is 1060. The van der Waals surface area contributed by atoms with Crippen LogP contribution in [-0.4, -0.2) is 36.4 Å². The van der Waals surface area contributed by atoms with Crippen molar-refractivity contribution in [3.63, 3.8) is 0 Å². The smallest absolute Gasteiger partial charge is 0.323 e. The van der Waals surface area contributed by atoms with Gasteiger partial charge in [0.25, 0.3) is 0 Å². The third-order valence-electron chi connectivity index (χ3n) is 5.18. The van der Waals surface area contributed by atoms with Crippen molar-refractivity contribution in [1.29, 1.82) is 0 Å². The lowest BCUT2D eigenvalue weighted by molar-refractivity contribution is -0.137. The van der Waals surface area contributed by atoms with Crippen LogP contribution in [0.15, 0.2) is 78.9 Å². The zero-order chi connectivity index (χ0) is 23.6. The van der Waals surface area contributed by atoms with Crippen LogP contribution in [0, 0.1) is 5.92 Å². The summed E-state index contributed by atoms with van der Waals surface area (Å²) < 4.78 is 11.0. The predicted molar refractivity (Wildman–Crippen MR) is 132 cm³/mol.